The van der Waals surface area contributed by atoms with Crippen molar-refractivity contribution in [1.29, 1.82) is 0 Å². The van der Waals surface area contributed by atoms with E-state index in [2.05, 4.69) is 76.1 Å². The van der Waals surface area contributed by atoms with Crippen LogP contribution in [0, 0.1) is 18.8 Å². The van der Waals surface area contributed by atoms with Crippen LogP contribution in [0.5, 0.6) is 5.75 Å². The lowest BCUT2D eigenvalue weighted by molar-refractivity contribution is -0.0188. The number of fused-ring (bicyclic) bond motifs is 3. The summed E-state index contributed by atoms with van der Waals surface area (Å²) in [7, 11) is 0. The number of benzene rings is 2. The third-order valence-corrected chi connectivity index (χ3v) is 8.07. The smallest absolute Gasteiger partial charge is 0.128 e. The van der Waals surface area contributed by atoms with Crippen LogP contribution < -0.4 is 4.74 Å². The van der Waals surface area contributed by atoms with Gasteiger partial charge in [-0.2, -0.15) is 0 Å². The summed E-state index contributed by atoms with van der Waals surface area (Å²) < 4.78 is 9.41. The highest BCUT2D eigenvalue weighted by atomic mass is 16.5. The monoisotopic (exact) mass is 371 g/mol. The number of rotatable bonds is 0. The lowest BCUT2D eigenvalue weighted by Crippen LogP contribution is -2.55. The summed E-state index contributed by atoms with van der Waals surface area (Å²) in [6.07, 6.45) is 2.32. The first-order valence-corrected chi connectivity index (χ1v) is 10.7. The number of hydrogen-bond acceptors (Lipinski definition) is 1. The third kappa shape index (κ3) is 1.72. The second-order valence-electron chi connectivity index (χ2n) is 10.4. The van der Waals surface area contributed by atoms with Crippen LogP contribution in [0.15, 0.2) is 42.5 Å². The molecule has 3 aromatic rings. The molecule has 28 heavy (non-hydrogen) atoms. The van der Waals surface area contributed by atoms with Gasteiger partial charge in [0.2, 0.25) is 0 Å². The van der Waals surface area contributed by atoms with Gasteiger partial charge in [0.15, 0.2) is 0 Å². The number of nitrogens with zero attached hydrogens (tertiary/aromatic N) is 1. The molecule has 1 saturated carbocycles. The Bertz CT molecular complexity index is 1190. The maximum absolute atomic E-state index is 6.76. The molecule has 0 spiro atoms. The van der Waals surface area contributed by atoms with E-state index in [9.17, 15) is 0 Å². The molecule has 0 N–H and O–H groups in total. The zero-order valence-corrected chi connectivity index (χ0v) is 17.6. The van der Waals surface area contributed by atoms with E-state index in [0.29, 0.717) is 17.8 Å². The normalized spacial score (nSPS) is 29.2. The number of hydrogen-bond donors (Lipinski definition) is 0. The Hall–Kier alpha value is -2.22. The highest BCUT2D eigenvalue weighted by Gasteiger charge is 2.57. The molecule has 2 heteroatoms. The third-order valence-electron chi connectivity index (χ3n) is 8.07. The van der Waals surface area contributed by atoms with Crippen molar-refractivity contribution >= 4 is 21.8 Å². The lowest BCUT2D eigenvalue weighted by Gasteiger charge is -2.57. The van der Waals surface area contributed by atoms with E-state index in [-0.39, 0.29) is 11.1 Å². The van der Waals surface area contributed by atoms with Crippen molar-refractivity contribution in [3.8, 4) is 5.75 Å². The van der Waals surface area contributed by atoms with Crippen LogP contribution >= 0.6 is 0 Å². The first-order chi connectivity index (χ1) is 13.2. The molecule has 3 atom stereocenters. The molecule has 6 rings (SSSR count). The van der Waals surface area contributed by atoms with E-state index in [0.717, 1.165) is 12.2 Å². The molecule has 2 nitrogen and oxygen atoms in total. The summed E-state index contributed by atoms with van der Waals surface area (Å²) >= 11 is 0. The van der Waals surface area contributed by atoms with Gasteiger partial charge < -0.3 is 9.30 Å². The molecule has 0 radical (unpaired) electrons. The SMILES string of the molecule is C=C1CCC2C3c4c(c(C)cc5c6ccccc6n(c45)C2(C)C)OC(C)(C)C13. The second kappa shape index (κ2) is 4.84. The van der Waals surface area contributed by atoms with Crippen LogP contribution in [0.1, 0.15) is 57.6 Å². The van der Waals surface area contributed by atoms with Gasteiger partial charge in [-0.25, -0.2) is 0 Å². The van der Waals surface area contributed by atoms with E-state index >= 15 is 0 Å². The van der Waals surface area contributed by atoms with E-state index < -0.39 is 0 Å². The molecule has 1 fully saturated rings. The first kappa shape index (κ1) is 16.7. The van der Waals surface area contributed by atoms with Crippen LogP contribution in [-0.4, -0.2) is 10.2 Å². The summed E-state index contributed by atoms with van der Waals surface area (Å²) in [4.78, 5) is 0. The van der Waals surface area contributed by atoms with Crippen molar-refractivity contribution in [3.05, 3.63) is 53.6 Å². The van der Waals surface area contributed by atoms with Gasteiger partial charge in [-0.15, -0.1) is 0 Å². The van der Waals surface area contributed by atoms with Crippen LogP contribution in [-0.2, 0) is 5.54 Å². The Labute approximate surface area is 167 Å². The molecule has 2 aromatic carbocycles. The van der Waals surface area contributed by atoms with Crippen molar-refractivity contribution in [2.75, 3.05) is 0 Å². The summed E-state index contributed by atoms with van der Waals surface area (Å²) in [6.45, 7) is 16.2. The van der Waals surface area contributed by atoms with Crippen molar-refractivity contribution in [2.24, 2.45) is 11.8 Å². The predicted molar refractivity (Wildman–Crippen MR) is 116 cm³/mol. The van der Waals surface area contributed by atoms with Gasteiger partial charge in [0.05, 0.1) is 5.52 Å². The van der Waals surface area contributed by atoms with Crippen molar-refractivity contribution < 1.29 is 4.74 Å². The van der Waals surface area contributed by atoms with Crippen molar-refractivity contribution in [2.45, 2.75) is 64.5 Å². The molecule has 144 valence electrons. The molecule has 3 heterocycles. The average molecular weight is 372 g/mol. The van der Waals surface area contributed by atoms with Gasteiger partial charge in [0.25, 0.3) is 0 Å². The molecule has 0 saturated heterocycles. The zero-order valence-electron chi connectivity index (χ0n) is 17.6. The fraction of sp³-hybridized carbons (Fsp3) is 0.462. The lowest BCUT2D eigenvalue weighted by atomic mass is 9.55. The number of para-hydroxylation sites is 1. The summed E-state index contributed by atoms with van der Waals surface area (Å²) in [6, 6.07) is 11.3. The Morgan fingerprint density at radius 1 is 1.11 bits per heavy atom. The molecular formula is C26H29NO. The van der Waals surface area contributed by atoms with Gasteiger partial charge in [-0.1, -0.05) is 30.4 Å². The number of aryl methyl sites for hydroxylation is 1. The fourth-order valence-electron chi connectivity index (χ4n) is 7.06. The minimum Gasteiger partial charge on any atom is -0.487 e. The molecule has 0 amide bonds. The Morgan fingerprint density at radius 2 is 1.86 bits per heavy atom. The number of aromatic nitrogens is 1. The quantitative estimate of drug-likeness (QED) is 0.402. The molecular weight excluding hydrogens is 342 g/mol. The average Bonchev–Trinajstić information content (AvgIpc) is 2.96. The van der Waals surface area contributed by atoms with Crippen LogP contribution in [0.3, 0.4) is 0 Å². The largest absolute Gasteiger partial charge is 0.487 e. The first-order valence-electron chi connectivity index (χ1n) is 10.7. The summed E-state index contributed by atoms with van der Waals surface area (Å²) in [5, 5.41) is 2.76. The molecule has 3 aliphatic rings. The predicted octanol–water partition coefficient (Wildman–Crippen LogP) is 6.69. The van der Waals surface area contributed by atoms with Gasteiger partial charge in [-0.05, 0) is 71.1 Å². The van der Waals surface area contributed by atoms with Gasteiger partial charge in [0, 0.05) is 39.2 Å². The minimum atomic E-state index is -0.212. The van der Waals surface area contributed by atoms with E-state index in [1.807, 2.05) is 0 Å². The Kier molecular flexibility index (Phi) is 2.89. The maximum Gasteiger partial charge on any atom is 0.128 e. The van der Waals surface area contributed by atoms with E-state index in [4.69, 9.17) is 4.74 Å². The van der Waals surface area contributed by atoms with Gasteiger partial charge in [-0.3, -0.25) is 0 Å². The van der Waals surface area contributed by atoms with Gasteiger partial charge in [0.1, 0.15) is 11.4 Å². The summed E-state index contributed by atoms with van der Waals surface area (Å²) in [5.74, 6) is 2.61. The second-order valence-corrected chi connectivity index (χ2v) is 10.4. The molecule has 0 bridgehead atoms. The van der Waals surface area contributed by atoms with Crippen molar-refractivity contribution in [3.63, 3.8) is 0 Å². The minimum absolute atomic E-state index is 0.0674. The molecule has 3 unspecified atom stereocenters. The van der Waals surface area contributed by atoms with Crippen LogP contribution in [0.2, 0.25) is 0 Å². The topological polar surface area (TPSA) is 14.2 Å². The molecule has 1 aromatic heterocycles. The van der Waals surface area contributed by atoms with E-state index in [1.54, 1.807) is 0 Å². The van der Waals surface area contributed by atoms with Crippen LogP contribution in [0.25, 0.3) is 21.8 Å². The highest BCUT2D eigenvalue weighted by Crippen LogP contribution is 2.64. The molecule has 1 aliphatic carbocycles. The maximum atomic E-state index is 6.76. The zero-order chi connectivity index (χ0) is 19.6. The van der Waals surface area contributed by atoms with Gasteiger partial charge >= 0.3 is 0 Å². The van der Waals surface area contributed by atoms with Crippen LogP contribution in [0.4, 0.5) is 0 Å². The fourth-order valence-corrected chi connectivity index (χ4v) is 7.06. The molecule has 2 aliphatic heterocycles. The standard InChI is InChI=1S/C26H29NO/c1-14-11-12-18-20-21-23-17(13-15(2)24(21)28-26(5,6)22(14)20)16-9-7-8-10-19(16)27(23)25(18,3)4/h7-10,13,18,20,22H,1,11-12H2,2-6H3. The van der Waals surface area contributed by atoms with Crippen molar-refractivity contribution in [1.82, 2.24) is 4.57 Å². The number of ether oxygens (including phenoxy) is 1. The highest BCUT2D eigenvalue weighted by molar-refractivity contribution is 6.11. The Morgan fingerprint density at radius 3 is 2.64 bits per heavy atom. The van der Waals surface area contributed by atoms with E-state index in [1.165, 1.54) is 44.9 Å². The summed E-state index contributed by atoms with van der Waals surface area (Å²) in [5.41, 5.74) is 6.73. The Balaban J connectivity index is 1.87.